The maximum atomic E-state index is 12.4. The Morgan fingerprint density at radius 1 is 0.350 bits per heavy atom. The second-order valence-corrected chi connectivity index (χ2v) is 38.1. The minimum absolute atomic E-state index is 0. The maximum Gasteiger partial charge on any atom is 2.00 e. The Kier molecular flexibility index (Phi) is 118. The van der Waals surface area contributed by atoms with E-state index in [2.05, 4.69) is 117 Å². The number of esters is 5. The first-order valence-electron chi connectivity index (χ1n) is 56.2. The zero-order valence-electron chi connectivity index (χ0n) is 91.6. The molecule has 4 heterocycles. The summed E-state index contributed by atoms with van der Waals surface area (Å²) >= 11 is 0. The summed E-state index contributed by atoms with van der Waals surface area (Å²) < 4.78 is 30.7. The second-order valence-electron chi connectivity index (χ2n) is 38.1. The van der Waals surface area contributed by atoms with Gasteiger partial charge in [-0.25, -0.2) is 29.1 Å². The van der Waals surface area contributed by atoms with Gasteiger partial charge in [0, 0.05) is 108 Å². The molecule has 0 bridgehead atoms. The average molecular weight is 2060 g/mol. The fourth-order valence-electron chi connectivity index (χ4n) is 15.6. The van der Waals surface area contributed by atoms with Gasteiger partial charge in [0.2, 0.25) is 0 Å². The number of aliphatic hydroxyl groups is 2. The quantitative estimate of drug-likeness (QED) is 0.0118. The standard InChI is InChI=1S/C27H48N2O4.C23H46O3.C23H44O3.C12H26O.C11H20O3.C7H6N4O.C6H13.C5H6O3.BrH.Mg/c1-4-7-10-13-17-25(33-27(31)29-21-20-28-23-29)18-14-19-26(30)32-22-24(15-11-8-5-2)16-12-9-6-3;2*1-4-7-10-13-17-22(24)18-14-19-23(25)26-20-21(15-11-8-5-2)16-12-9-6-3;1-3-5-7-9-12(11-13)10-8-6-4-2;1-2-3-4-5-7-10(12)8-6-9-11(13)14;12-7(10-3-1-8-5-10)11-4-2-9-6-11;1-3-5-6-4-2;6-4-2-1-3-5(7)8-4;;/h20-21,23-25H,4-19,22H2,1-3H3;21-22,24H,4-20H2,1-3H3;21H,4-20H2,1-3H3;12-13H,3-11H2,1-2H3;2-9H2,1H3,(H,13,14);1-6H;1,3-6H2,2H3;1-3H2;1H;/q;;;;;;-1;;;+2/p-1. The van der Waals surface area contributed by atoms with E-state index in [1.807, 2.05) is 0 Å². The number of Topliss-reactive ketones (excluding diaryl/α,β-unsaturated/α-hetero) is 2. The molecule has 2 atom stereocenters. The van der Waals surface area contributed by atoms with Crippen molar-refractivity contribution in [3.63, 3.8) is 0 Å². The first kappa shape index (κ1) is 145. The summed E-state index contributed by atoms with van der Waals surface area (Å²) in [6, 6.07) is -0.190. The number of hydrogen-bond acceptors (Lipinski definition) is 20. The van der Waals surface area contributed by atoms with Crippen molar-refractivity contribution < 1.29 is 104 Å². The number of imidazole rings is 3. The molecule has 0 saturated carbocycles. The summed E-state index contributed by atoms with van der Waals surface area (Å²) in [5.74, 6) is 0.682. The molecule has 0 aromatic carbocycles. The van der Waals surface area contributed by atoms with E-state index in [-0.39, 0.29) is 100 Å². The molecule has 2 unspecified atom stereocenters. The molecule has 1 aliphatic heterocycles. The molecular weight excluding hydrogens is 1850 g/mol. The van der Waals surface area contributed by atoms with Gasteiger partial charge in [0.15, 0.2) is 0 Å². The SMILES string of the molecule is CCCCCC(CO)CCCCC.CCCCCCC(=O)CCCC(=O)O.CCCCCCC(=O)CCCC(=O)OCC(CCCCC)CCCCC.CCCCCCC(CCCC(=O)OCC(CCCCC)CCCCC)OC(=O)n1ccnc1.CCCCCCC(O)CCCC(=O)OCC(CCCCC)CCCCC.O=C(n1ccnc1)n1ccnc1.O=C1CCCC(=O)O1.[Br-].[CH2-]CCCCC.[Mg+2]. The minimum Gasteiger partial charge on any atom is -1.00 e. The molecule has 0 radical (unpaired) electrons. The van der Waals surface area contributed by atoms with Gasteiger partial charge in [-0.15, -0.1) is 0 Å². The van der Waals surface area contributed by atoms with Crippen molar-refractivity contribution in [1.29, 1.82) is 0 Å². The van der Waals surface area contributed by atoms with Crippen LogP contribution in [0.4, 0.5) is 9.59 Å². The van der Waals surface area contributed by atoms with Crippen LogP contribution in [-0.2, 0) is 62.0 Å². The number of nitrogens with zero attached hydrogens (tertiary/aromatic N) is 6. The Morgan fingerprint density at radius 3 is 0.921 bits per heavy atom. The van der Waals surface area contributed by atoms with Crippen molar-refractivity contribution in [1.82, 2.24) is 28.7 Å². The van der Waals surface area contributed by atoms with Crippen LogP contribution in [0, 0.1) is 30.6 Å². The number of carbonyl (C=O) groups is 10. The Labute approximate surface area is 880 Å². The van der Waals surface area contributed by atoms with Crippen molar-refractivity contribution >= 4 is 82.6 Å². The van der Waals surface area contributed by atoms with Crippen molar-refractivity contribution in [2.45, 2.75) is 558 Å². The van der Waals surface area contributed by atoms with Crippen LogP contribution < -0.4 is 17.0 Å². The number of carboxylic acid groups (broad SMARTS) is 1. The maximum absolute atomic E-state index is 12.4. The van der Waals surface area contributed by atoms with Gasteiger partial charge in [-0.2, -0.15) is 6.42 Å². The van der Waals surface area contributed by atoms with Crippen LogP contribution >= 0.6 is 0 Å². The van der Waals surface area contributed by atoms with Gasteiger partial charge in [0.25, 0.3) is 0 Å². The Hall–Kier alpha value is -5.70. The molecule has 140 heavy (non-hydrogen) atoms. The molecule has 4 rings (SSSR count). The molecule has 1 aliphatic rings. The number of hydrogen-bond donors (Lipinski definition) is 3. The molecular formula is C114H209BrMgN6O18. The number of carbonyl (C=O) groups excluding carboxylic acids is 9. The normalized spacial score (nSPS) is 11.7. The van der Waals surface area contributed by atoms with Crippen molar-refractivity contribution in [3.8, 4) is 0 Å². The van der Waals surface area contributed by atoms with E-state index in [4.69, 9.17) is 29.2 Å². The molecule has 0 spiro atoms. The van der Waals surface area contributed by atoms with E-state index >= 15 is 0 Å². The zero-order valence-corrected chi connectivity index (χ0v) is 94.6. The molecule has 3 aromatic rings. The Morgan fingerprint density at radius 2 is 0.621 bits per heavy atom. The van der Waals surface area contributed by atoms with Crippen LogP contribution in [0.15, 0.2) is 56.2 Å². The number of ketones is 2. The number of cyclic esters (lactones) is 2. The van der Waals surface area contributed by atoms with Gasteiger partial charge in [-0.05, 0) is 152 Å². The van der Waals surface area contributed by atoms with Gasteiger partial charge in [0.05, 0.1) is 25.9 Å². The number of aliphatic hydroxyl groups excluding tert-OH is 2. The number of halogens is 1. The van der Waals surface area contributed by atoms with Crippen LogP contribution in [-0.4, -0.2) is 165 Å². The Balaban J connectivity index is -0.000000383. The number of aliphatic carboxylic acids is 1. The van der Waals surface area contributed by atoms with E-state index in [1.165, 1.54) is 302 Å². The second kappa shape index (κ2) is 114. The summed E-state index contributed by atoms with van der Waals surface area (Å²) in [6.07, 6.45) is 86.5. The van der Waals surface area contributed by atoms with E-state index in [0.29, 0.717) is 146 Å². The molecule has 3 N–H and O–H groups in total. The van der Waals surface area contributed by atoms with Crippen molar-refractivity contribution in [3.05, 3.63) is 63.1 Å². The van der Waals surface area contributed by atoms with Crippen LogP contribution in [0.2, 0.25) is 0 Å². The molecule has 3 aromatic heterocycles. The molecule has 24 nitrogen and oxygen atoms in total. The summed E-state index contributed by atoms with van der Waals surface area (Å²) in [5.41, 5.74) is 0. The smallest absolute Gasteiger partial charge is 1.00 e. The predicted molar refractivity (Wildman–Crippen MR) is 570 cm³/mol. The van der Waals surface area contributed by atoms with Gasteiger partial charge in [-0.3, -0.25) is 47.5 Å². The van der Waals surface area contributed by atoms with Crippen LogP contribution in [0.1, 0.15) is 546 Å². The molecule has 26 heteroatoms. The summed E-state index contributed by atoms with van der Waals surface area (Å²) in [7, 11) is 0. The number of rotatable bonds is 79. The summed E-state index contributed by atoms with van der Waals surface area (Å²) in [6.45, 7) is 34.5. The van der Waals surface area contributed by atoms with Crippen LogP contribution in [0.25, 0.3) is 0 Å². The molecule has 0 aliphatic carbocycles. The third kappa shape index (κ3) is 102. The first-order chi connectivity index (χ1) is 67.0. The van der Waals surface area contributed by atoms with E-state index in [1.54, 1.807) is 37.2 Å². The van der Waals surface area contributed by atoms with Gasteiger partial charge < -0.3 is 62.9 Å². The van der Waals surface area contributed by atoms with Crippen molar-refractivity contribution in [2.24, 2.45) is 23.7 Å². The number of aromatic nitrogens is 6. The number of carboxylic acids is 1. The van der Waals surface area contributed by atoms with E-state index < -0.39 is 12.1 Å². The Bertz CT molecular complexity index is 3090. The topological polar surface area (TPSA) is 331 Å². The monoisotopic (exact) mass is 2050 g/mol. The van der Waals surface area contributed by atoms with E-state index in [9.17, 15) is 53.1 Å². The average Bonchev–Trinajstić information content (AvgIpc) is 1.74. The molecule has 0 amide bonds. The summed E-state index contributed by atoms with van der Waals surface area (Å²) in [5, 5.41) is 27.5. The number of unbranched alkanes of at least 4 members (excludes halogenated alkanes) is 31. The molecule has 1 fully saturated rings. The third-order valence-electron chi connectivity index (χ3n) is 24.6. The molecule has 812 valence electrons. The predicted octanol–water partition coefficient (Wildman–Crippen LogP) is 27.9. The fourth-order valence-corrected chi connectivity index (χ4v) is 15.6. The fraction of sp³-hybridized carbons (Fsp3) is 0.825. The van der Waals surface area contributed by atoms with Gasteiger partial charge >= 0.3 is 71.0 Å². The van der Waals surface area contributed by atoms with E-state index in [0.717, 1.165) is 89.9 Å². The van der Waals surface area contributed by atoms with Gasteiger partial charge in [-0.1, -0.05) is 347 Å². The minimum atomic E-state index is -0.816. The number of ether oxygens (including phenoxy) is 5. The van der Waals surface area contributed by atoms with Gasteiger partial charge in [0.1, 0.15) is 36.7 Å². The molecule has 1 saturated heterocycles. The summed E-state index contributed by atoms with van der Waals surface area (Å²) in [4.78, 5) is 125. The van der Waals surface area contributed by atoms with Crippen LogP contribution in [0.5, 0.6) is 0 Å². The third-order valence-corrected chi connectivity index (χ3v) is 24.6. The first-order valence-corrected chi connectivity index (χ1v) is 56.2. The van der Waals surface area contributed by atoms with Crippen LogP contribution in [0.3, 0.4) is 0 Å². The zero-order chi connectivity index (χ0) is 103. The largest absolute Gasteiger partial charge is 2.00 e. The van der Waals surface area contributed by atoms with Crippen molar-refractivity contribution in [2.75, 3.05) is 26.4 Å².